The van der Waals surface area contributed by atoms with Crippen molar-refractivity contribution in [2.24, 2.45) is 0 Å². The van der Waals surface area contributed by atoms with E-state index in [0.29, 0.717) is 0 Å². The van der Waals surface area contributed by atoms with Gasteiger partial charge in [-0.05, 0) is 294 Å². The Balaban J connectivity index is 0.000000110. The van der Waals surface area contributed by atoms with E-state index in [1.807, 2.05) is 12.1 Å². The summed E-state index contributed by atoms with van der Waals surface area (Å²) in [5.74, 6) is 0. The molecule has 0 spiro atoms. The maximum atomic E-state index is 6.38. The molecule has 0 aliphatic carbocycles. The molecule has 0 saturated carbocycles. The highest BCUT2D eigenvalue weighted by molar-refractivity contribution is 6.18. The van der Waals surface area contributed by atoms with E-state index >= 15 is 0 Å². The molecule has 28 rings (SSSR count). The zero-order valence-electron chi connectivity index (χ0n) is 78.2. The molecule has 0 atom stereocenters. The summed E-state index contributed by atoms with van der Waals surface area (Å²) in [6.07, 6.45) is 0. The van der Waals surface area contributed by atoms with E-state index in [9.17, 15) is 0 Å². The molecule has 0 aliphatic rings. The zero-order chi connectivity index (χ0) is 94.6. The fourth-order valence-electron chi connectivity index (χ4n) is 21.3. The second kappa shape index (κ2) is 36.4. The maximum absolute atomic E-state index is 6.38. The minimum atomic E-state index is 0.873. The van der Waals surface area contributed by atoms with Gasteiger partial charge in [0.2, 0.25) is 0 Å². The number of nitrogens with zero attached hydrogens (tertiary/aromatic N) is 6. The normalized spacial score (nSPS) is 11.5. The lowest BCUT2D eigenvalue weighted by Crippen LogP contribution is -2.10. The second-order valence-electron chi connectivity index (χ2n) is 36.7. The summed E-state index contributed by atoms with van der Waals surface area (Å²) in [5.41, 5.74) is 31.9. The molecule has 7 nitrogen and oxygen atoms in total. The fourth-order valence-corrected chi connectivity index (χ4v) is 21.3. The lowest BCUT2D eigenvalue weighted by atomic mass is 10.0. The predicted octanol–water partition coefficient (Wildman–Crippen LogP) is 37.9. The van der Waals surface area contributed by atoms with Crippen LogP contribution in [0, 0.1) is 0 Å². The first-order valence-electron chi connectivity index (χ1n) is 48.9. The molecule has 4 heterocycles. The van der Waals surface area contributed by atoms with Crippen LogP contribution in [0.1, 0.15) is 0 Å². The zero-order valence-corrected chi connectivity index (χ0v) is 78.2. The average Bonchev–Trinajstić information content (AvgIpc) is 1.60. The van der Waals surface area contributed by atoms with Gasteiger partial charge in [0.05, 0.1) is 33.1 Å². The van der Waals surface area contributed by atoms with E-state index in [-0.39, 0.29) is 0 Å². The molecule has 4 aromatic heterocycles. The maximum Gasteiger partial charge on any atom is 0.137 e. The van der Waals surface area contributed by atoms with Crippen molar-refractivity contribution in [1.29, 1.82) is 0 Å². The van der Waals surface area contributed by atoms with Gasteiger partial charge in [-0.1, -0.05) is 346 Å². The highest BCUT2D eigenvalue weighted by atomic mass is 16.3. The Bertz CT molecular complexity index is 9520. The van der Waals surface area contributed by atoms with Gasteiger partial charge in [0.25, 0.3) is 0 Å². The van der Waals surface area contributed by atoms with Crippen molar-refractivity contribution in [2.45, 2.75) is 0 Å². The molecule has 143 heavy (non-hydrogen) atoms. The molecule has 28 aromatic rings. The van der Waals surface area contributed by atoms with Crippen LogP contribution in [-0.4, -0.2) is 13.7 Å². The first-order chi connectivity index (χ1) is 70.9. The molecular formula is C136H92N6O. The summed E-state index contributed by atoms with van der Waals surface area (Å²) >= 11 is 0. The number of anilines is 9. The third-order valence-corrected chi connectivity index (χ3v) is 28.2. The summed E-state index contributed by atoms with van der Waals surface area (Å²) in [7, 11) is 0. The Labute approximate surface area is 828 Å². The molecule has 0 fully saturated rings. The van der Waals surface area contributed by atoms with Crippen LogP contribution in [-0.2, 0) is 0 Å². The van der Waals surface area contributed by atoms with Crippen molar-refractivity contribution in [3.8, 4) is 61.6 Å². The van der Waals surface area contributed by atoms with Gasteiger partial charge in [-0.15, -0.1) is 0 Å². The number of hydrogen-bond acceptors (Lipinski definition) is 4. The Hall–Kier alpha value is -19.1. The van der Waals surface area contributed by atoms with Crippen LogP contribution in [0.15, 0.2) is 563 Å². The monoisotopic (exact) mass is 1820 g/mol. The van der Waals surface area contributed by atoms with Crippen LogP contribution in [0.2, 0.25) is 0 Å². The van der Waals surface area contributed by atoms with Gasteiger partial charge in [-0.3, -0.25) is 0 Å². The van der Waals surface area contributed by atoms with Crippen molar-refractivity contribution in [1.82, 2.24) is 13.7 Å². The SMILES string of the molecule is c1ccc(-c2ccc(N(c3ccc(-c4ccccc4)cc3)c3ccc4c(c3)c3cc5ccccc5cc3n4-c3ccccc3)cc2)cc1.c1ccc(-c2ccc(N(c3ccc4c(c3)oc3ccccc34)c3ccc4c(c3)c3cc5ccccc5cc3n4-c3ccccc3)cc2)cc1.c1ccc(-c2ccc(N(c3ccccc3)c3ccc4c(c3)c3cc5ccccc5cc3n4-c3ccc4ccccc4c3)cc2)cc1. The highest BCUT2D eigenvalue weighted by Crippen LogP contribution is 2.48. The number of fused-ring (bicyclic) bond motifs is 16. The largest absolute Gasteiger partial charge is 0.456 e. The smallest absolute Gasteiger partial charge is 0.137 e. The number of furan rings is 1. The molecule has 7 heteroatoms. The van der Waals surface area contributed by atoms with Gasteiger partial charge in [0.15, 0.2) is 0 Å². The molecule has 0 N–H and O–H groups in total. The van der Waals surface area contributed by atoms with E-state index < -0.39 is 0 Å². The van der Waals surface area contributed by atoms with E-state index in [2.05, 4.69) is 574 Å². The van der Waals surface area contributed by atoms with Crippen molar-refractivity contribution < 1.29 is 4.42 Å². The molecule has 0 bridgehead atoms. The molecule has 0 saturated heterocycles. The fraction of sp³-hybridized carbons (Fsp3) is 0. The van der Waals surface area contributed by atoms with E-state index in [1.54, 1.807) is 0 Å². The topological polar surface area (TPSA) is 37.6 Å². The minimum absolute atomic E-state index is 0.873. The first-order valence-corrected chi connectivity index (χ1v) is 48.9. The molecule has 672 valence electrons. The minimum Gasteiger partial charge on any atom is -0.456 e. The summed E-state index contributed by atoms with van der Waals surface area (Å²) in [6, 6.07) is 201. The predicted molar refractivity (Wildman–Crippen MR) is 605 cm³/mol. The van der Waals surface area contributed by atoms with Crippen LogP contribution in [0.25, 0.3) is 192 Å². The van der Waals surface area contributed by atoms with Crippen molar-refractivity contribution in [3.63, 3.8) is 0 Å². The molecule has 0 unspecified atom stereocenters. The summed E-state index contributed by atoms with van der Waals surface area (Å²) in [4.78, 5) is 7.07. The number of hydrogen-bond donors (Lipinski definition) is 0. The summed E-state index contributed by atoms with van der Waals surface area (Å²) < 4.78 is 13.6. The van der Waals surface area contributed by atoms with Crippen LogP contribution >= 0.6 is 0 Å². The van der Waals surface area contributed by atoms with Crippen molar-refractivity contribution >= 4 is 182 Å². The quantitative estimate of drug-likeness (QED) is 0.0966. The molecule has 0 aliphatic heterocycles. The highest BCUT2D eigenvalue weighted by Gasteiger charge is 2.25. The number of benzene rings is 24. The van der Waals surface area contributed by atoms with Gasteiger partial charge < -0.3 is 32.8 Å². The Morgan fingerprint density at radius 1 is 0.126 bits per heavy atom. The Morgan fingerprint density at radius 3 is 0.734 bits per heavy atom. The molecule has 24 aromatic carbocycles. The Kier molecular flexibility index (Phi) is 21.5. The molecule has 0 amide bonds. The Morgan fingerprint density at radius 2 is 0.371 bits per heavy atom. The lowest BCUT2D eigenvalue weighted by Gasteiger charge is -2.26. The second-order valence-corrected chi connectivity index (χ2v) is 36.7. The van der Waals surface area contributed by atoms with Gasteiger partial charge in [0.1, 0.15) is 11.2 Å². The van der Waals surface area contributed by atoms with E-state index in [4.69, 9.17) is 4.42 Å². The molecular weight excluding hydrogens is 1730 g/mol. The van der Waals surface area contributed by atoms with Crippen molar-refractivity contribution in [3.05, 3.63) is 558 Å². The third-order valence-electron chi connectivity index (χ3n) is 28.2. The van der Waals surface area contributed by atoms with Crippen LogP contribution < -0.4 is 14.7 Å². The van der Waals surface area contributed by atoms with Crippen molar-refractivity contribution in [2.75, 3.05) is 14.7 Å². The van der Waals surface area contributed by atoms with Gasteiger partial charge in [-0.2, -0.15) is 0 Å². The van der Waals surface area contributed by atoms with Crippen LogP contribution in [0.4, 0.5) is 51.2 Å². The average molecular weight is 1830 g/mol. The van der Waals surface area contributed by atoms with Crippen LogP contribution in [0.3, 0.4) is 0 Å². The summed E-state index contributed by atoms with van der Waals surface area (Å²) in [5, 5.41) is 19.5. The third kappa shape index (κ3) is 15.8. The van der Waals surface area contributed by atoms with Gasteiger partial charge in [-0.25, -0.2) is 0 Å². The first kappa shape index (κ1) is 84.4. The summed E-state index contributed by atoms with van der Waals surface area (Å²) in [6.45, 7) is 0. The van der Waals surface area contributed by atoms with E-state index in [0.717, 1.165) is 90.2 Å². The standard InChI is InChI=1S/C46H30N2O.C46H32N2.C44H30N2/c1-3-11-31(12-4-1)32-19-21-36(22-20-32)47(38-23-25-40-39-17-9-10-18-45(39)49-46(40)30-38)37-24-26-43-42(29-37)41-27-33-13-7-8-14-34(33)28-44(41)48(43)35-15-5-2-6-16-35;1-4-12-33(13-5-1)35-20-24-40(25-21-35)47(41-26-22-36(23-27-41)34-14-6-2-7-15-34)42-28-29-45-44(32-42)43-30-37-16-10-11-17-38(37)31-46(43)48(45)39-18-8-3-9-19-39;1-3-11-31(12-4-1)33-19-22-38(23-20-33)45(37-17-5-2-6-18-37)40-25-26-43-42(30-40)41-28-35-15-9-10-16-36(35)29-44(41)46(43)39-24-21-32-13-7-8-14-34(32)27-39/h1-30H;1-32H;1-30H. The van der Waals surface area contributed by atoms with Gasteiger partial charge >= 0.3 is 0 Å². The lowest BCUT2D eigenvalue weighted by molar-refractivity contribution is 0.669. The molecule has 0 radical (unpaired) electrons. The van der Waals surface area contributed by atoms with E-state index in [1.165, 1.54) is 153 Å². The number of para-hydroxylation sites is 4. The van der Waals surface area contributed by atoms with Crippen LogP contribution in [0.5, 0.6) is 0 Å². The number of rotatable bonds is 16. The van der Waals surface area contributed by atoms with Gasteiger partial charge in [0, 0.05) is 117 Å². The number of aromatic nitrogens is 3.